The summed E-state index contributed by atoms with van der Waals surface area (Å²) in [4.78, 5) is 27.7. The highest BCUT2D eigenvalue weighted by molar-refractivity contribution is 7.15. The maximum atomic E-state index is 12.2. The van der Waals surface area contributed by atoms with Crippen molar-refractivity contribution in [3.63, 3.8) is 0 Å². The summed E-state index contributed by atoms with van der Waals surface area (Å²) in [6, 6.07) is 12.5. The van der Waals surface area contributed by atoms with Crippen molar-refractivity contribution < 1.29 is 14.7 Å². The van der Waals surface area contributed by atoms with Crippen LogP contribution in [0.15, 0.2) is 60.2 Å². The van der Waals surface area contributed by atoms with Gasteiger partial charge >= 0.3 is 5.97 Å². The Hall–Kier alpha value is -2.99. The number of carboxylic acid groups (broad SMARTS) is 1. The number of aromatic nitrogens is 1. The van der Waals surface area contributed by atoms with Gasteiger partial charge in [-0.1, -0.05) is 30.3 Å². The lowest BCUT2D eigenvalue weighted by Crippen LogP contribution is -2.13. The first-order valence-electron chi connectivity index (χ1n) is 6.78. The number of carbonyl (C=O) groups excluding carboxylic acids is 1. The molecule has 0 spiro atoms. The van der Waals surface area contributed by atoms with E-state index in [1.54, 1.807) is 23.7 Å². The van der Waals surface area contributed by atoms with E-state index >= 15 is 0 Å². The number of nitrogens with one attached hydrogen (secondary N) is 1. The fraction of sp³-hybridized carbons (Fsp3) is 0. The molecule has 0 atom stereocenters. The molecule has 0 aliphatic carbocycles. The third-order valence-electron chi connectivity index (χ3n) is 3.24. The monoisotopic (exact) mass is 324 g/mol. The van der Waals surface area contributed by atoms with E-state index in [-0.39, 0.29) is 11.5 Å². The third-order valence-corrected chi connectivity index (χ3v) is 4.14. The van der Waals surface area contributed by atoms with E-state index in [1.807, 2.05) is 30.3 Å². The molecular formula is C17H12N2O3S. The summed E-state index contributed by atoms with van der Waals surface area (Å²) in [5.41, 5.74) is 1.85. The Balaban J connectivity index is 1.96. The van der Waals surface area contributed by atoms with Gasteiger partial charge in [0.15, 0.2) is 0 Å². The highest BCUT2D eigenvalue weighted by Gasteiger charge is 2.21. The zero-order chi connectivity index (χ0) is 16.2. The van der Waals surface area contributed by atoms with Gasteiger partial charge in [0.1, 0.15) is 10.6 Å². The van der Waals surface area contributed by atoms with Crippen molar-refractivity contribution in [3.05, 3.63) is 71.4 Å². The number of nitrogens with zero attached hydrogens (tertiary/aromatic N) is 1. The average molecular weight is 324 g/mol. The maximum Gasteiger partial charge on any atom is 0.339 e. The number of carboxylic acids is 1. The molecule has 0 saturated heterocycles. The molecule has 6 heteroatoms. The van der Waals surface area contributed by atoms with E-state index in [0.717, 1.165) is 5.56 Å². The van der Waals surface area contributed by atoms with Gasteiger partial charge in [-0.25, -0.2) is 4.79 Å². The van der Waals surface area contributed by atoms with Crippen LogP contribution >= 0.6 is 11.3 Å². The number of aromatic carboxylic acids is 1. The molecule has 2 N–H and O–H groups in total. The summed E-state index contributed by atoms with van der Waals surface area (Å²) in [5.74, 6) is -1.46. The highest BCUT2D eigenvalue weighted by atomic mass is 32.1. The zero-order valence-corrected chi connectivity index (χ0v) is 12.7. The molecule has 0 fully saturated rings. The molecule has 1 aromatic carbocycles. The number of hydrogen-bond acceptors (Lipinski definition) is 4. The van der Waals surface area contributed by atoms with Crippen LogP contribution in [0, 0.1) is 0 Å². The second kappa shape index (κ2) is 6.41. The van der Waals surface area contributed by atoms with Gasteiger partial charge < -0.3 is 10.4 Å². The first-order chi connectivity index (χ1) is 11.2. The lowest BCUT2D eigenvalue weighted by atomic mass is 10.0. The molecule has 0 aliphatic rings. The van der Waals surface area contributed by atoms with Gasteiger partial charge in [-0.3, -0.25) is 9.78 Å². The van der Waals surface area contributed by atoms with Crippen molar-refractivity contribution in [3.8, 4) is 11.1 Å². The Kier molecular flexibility index (Phi) is 4.16. The number of carbonyl (C=O) groups is 2. The van der Waals surface area contributed by atoms with Gasteiger partial charge in [0.2, 0.25) is 0 Å². The number of anilines is 1. The minimum absolute atomic E-state index is 0.0958. The van der Waals surface area contributed by atoms with E-state index in [4.69, 9.17) is 0 Å². The summed E-state index contributed by atoms with van der Waals surface area (Å²) < 4.78 is 0. The standard InChI is InChI=1S/C17H12N2O3S/c20-15(12-7-4-8-18-9-12)19-16-14(17(21)22)13(10-23-16)11-5-2-1-3-6-11/h1-10H,(H,19,20)(H,21,22). The molecule has 114 valence electrons. The smallest absolute Gasteiger partial charge is 0.339 e. The van der Waals surface area contributed by atoms with Gasteiger partial charge in [-0.05, 0) is 17.7 Å². The van der Waals surface area contributed by atoms with Gasteiger partial charge in [-0.2, -0.15) is 0 Å². The molecular weight excluding hydrogens is 312 g/mol. The average Bonchev–Trinajstić information content (AvgIpc) is 3.00. The molecule has 0 saturated carbocycles. The fourth-order valence-corrected chi connectivity index (χ4v) is 3.12. The molecule has 0 unspecified atom stereocenters. The quantitative estimate of drug-likeness (QED) is 0.766. The Morgan fingerprint density at radius 1 is 1.09 bits per heavy atom. The number of amides is 1. The van der Waals surface area contributed by atoms with E-state index in [2.05, 4.69) is 10.3 Å². The molecule has 3 rings (SSSR count). The predicted octanol–water partition coefficient (Wildman–Crippen LogP) is 3.76. The second-order valence-corrected chi connectivity index (χ2v) is 5.60. The Bertz CT molecular complexity index is 845. The van der Waals surface area contributed by atoms with Crippen LogP contribution in [0.1, 0.15) is 20.7 Å². The Labute approximate surface area is 136 Å². The van der Waals surface area contributed by atoms with Gasteiger partial charge in [0, 0.05) is 23.3 Å². The molecule has 23 heavy (non-hydrogen) atoms. The van der Waals surface area contributed by atoms with E-state index in [0.29, 0.717) is 16.1 Å². The summed E-state index contributed by atoms with van der Waals surface area (Å²) in [6.45, 7) is 0. The number of thiophene rings is 1. The zero-order valence-electron chi connectivity index (χ0n) is 11.9. The number of hydrogen-bond donors (Lipinski definition) is 2. The molecule has 5 nitrogen and oxygen atoms in total. The normalized spacial score (nSPS) is 10.3. The topological polar surface area (TPSA) is 79.3 Å². The Morgan fingerprint density at radius 2 is 1.87 bits per heavy atom. The van der Waals surface area contributed by atoms with E-state index < -0.39 is 5.97 Å². The fourth-order valence-electron chi connectivity index (χ4n) is 2.16. The van der Waals surface area contributed by atoms with Crippen molar-refractivity contribution in [2.45, 2.75) is 0 Å². The molecule has 3 aromatic rings. The third kappa shape index (κ3) is 3.12. The minimum atomic E-state index is -1.08. The van der Waals surface area contributed by atoms with Crippen LogP contribution in [-0.2, 0) is 0 Å². The predicted molar refractivity (Wildman–Crippen MR) is 88.9 cm³/mol. The van der Waals surface area contributed by atoms with Crippen LogP contribution in [0.3, 0.4) is 0 Å². The van der Waals surface area contributed by atoms with Gasteiger partial charge in [0.05, 0.1) is 5.56 Å². The number of rotatable bonds is 4. The molecule has 2 aromatic heterocycles. The van der Waals surface area contributed by atoms with Crippen molar-refractivity contribution in [2.24, 2.45) is 0 Å². The summed E-state index contributed by atoms with van der Waals surface area (Å²) in [5, 5.41) is 14.2. The molecule has 0 radical (unpaired) electrons. The van der Waals surface area contributed by atoms with E-state index in [1.165, 1.54) is 17.5 Å². The van der Waals surface area contributed by atoms with Gasteiger partial charge in [0.25, 0.3) is 5.91 Å². The Morgan fingerprint density at radius 3 is 2.52 bits per heavy atom. The van der Waals surface area contributed by atoms with E-state index in [9.17, 15) is 14.7 Å². The molecule has 0 bridgehead atoms. The maximum absolute atomic E-state index is 12.2. The van der Waals surface area contributed by atoms with Crippen LogP contribution in [0.2, 0.25) is 0 Å². The SMILES string of the molecule is O=C(Nc1scc(-c2ccccc2)c1C(=O)O)c1cccnc1. The lowest BCUT2D eigenvalue weighted by Gasteiger charge is -2.05. The van der Waals surface area contributed by atoms with Crippen LogP contribution in [0.25, 0.3) is 11.1 Å². The van der Waals surface area contributed by atoms with Crippen molar-refractivity contribution in [1.82, 2.24) is 4.98 Å². The first-order valence-corrected chi connectivity index (χ1v) is 7.66. The van der Waals surface area contributed by atoms with Crippen LogP contribution in [0.5, 0.6) is 0 Å². The lowest BCUT2D eigenvalue weighted by molar-refractivity contribution is 0.0699. The summed E-state index contributed by atoms with van der Waals surface area (Å²) >= 11 is 1.19. The van der Waals surface area contributed by atoms with Crippen LogP contribution in [0.4, 0.5) is 5.00 Å². The largest absolute Gasteiger partial charge is 0.478 e. The minimum Gasteiger partial charge on any atom is -0.478 e. The van der Waals surface area contributed by atoms with Crippen molar-refractivity contribution >= 4 is 28.2 Å². The first kappa shape index (κ1) is 14.9. The molecule has 2 heterocycles. The number of benzene rings is 1. The number of pyridine rings is 1. The van der Waals surface area contributed by atoms with Crippen LogP contribution < -0.4 is 5.32 Å². The summed E-state index contributed by atoms with van der Waals surface area (Å²) in [7, 11) is 0. The van der Waals surface area contributed by atoms with Crippen molar-refractivity contribution in [2.75, 3.05) is 5.32 Å². The highest BCUT2D eigenvalue weighted by Crippen LogP contribution is 2.35. The molecule has 1 amide bonds. The summed E-state index contributed by atoms with van der Waals surface area (Å²) in [6.07, 6.45) is 3.00. The van der Waals surface area contributed by atoms with Crippen LogP contribution in [-0.4, -0.2) is 22.0 Å². The second-order valence-electron chi connectivity index (χ2n) is 4.72. The van der Waals surface area contributed by atoms with Crippen molar-refractivity contribution in [1.29, 1.82) is 0 Å². The molecule has 0 aliphatic heterocycles. The van der Waals surface area contributed by atoms with Gasteiger partial charge in [-0.15, -0.1) is 11.3 Å².